The number of hydrogen-bond donors (Lipinski definition) is 2. The summed E-state index contributed by atoms with van der Waals surface area (Å²) < 4.78 is 0. The molecule has 5 nitrogen and oxygen atoms in total. The fourth-order valence-electron chi connectivity index (χ4n) is 2.21. The standard InChI is InChI=1S/C14H16N2O3/c1-9(15)11-4-2-10(3-5-11)8-16-12(14(18)19)6-7-13(16)17/h2-5,12H,1,6-8,15H2,(H,18,19)/t12-/m0/s1. The van der Waals surface area contributed by atoms with Gasteiger partial charge < -0.3 is 15.7 Å². The number of carboxylic acids is 1. The molecule has 0 unspecified atom stereocenters. The first-order chi connectivity index (χ1) is 8.99. The zero-order chi connectivity index (χ0) is 14.0. The molecular weight excluding hydrogens is 244 g/mol. The molecule has 0 aromatic heterocycles. The number of amides is 1. The Morgan fingerprint density at radius 3 is 2.58 bits per heavy atom. The smallest absolute Gasteiger partial charge is 0.326 e. The number of carboxylic acid groups (broad SMARTS) is 1. The first kappa shape index (κ1) is 13.1. The first-order valence-corrected chi connectivity index (χ1v) is 6.05. The topological polar surface area (TPSA) is 83.6 Å². The summed E-state index contributed by atoms with van der Waals surface area (Å²) in [5.74, 6) is -1.06. The normalized spacial score (nSPS) is 18.6. The SMILES string of the molecule is C=C(N)c1ccc(CN2C(=O)CC[C@H]2C(=O)O)cc1. The summed E-state index contributed by atoms with van der Waals surface area (Å²) in [6.45, 7) is 3.95. The van der Waals surface area contributed by atoms with Crippen LogP contribution in [0.1, 0.15) is 24.0 Å². The van der Waals surface area contributed by atoms with Gasteiger partial charge in [-0.05, 0) is 17.5 Å². The maximum atomic E-state index is 11.7. The highest BCUT2D eigenvalue weighted by molar-refractivity contribution is 5.87. The predicted octanol–water partition coefficient (Wildman–Crippen LogP) is 1.19. The van der Waals surface area contributed by atoms with Gasteiger partial charge in [0.25, 0.3) is 0 Å². The molecule has 1 atom stereocenters. The van der Waals surface area contributed by atoms with E-state index in [4.69, 9.17) is 10.8 Å². The maximum absolute atomic E-state index is 11.7. The summed E-state index contributed by atoms with van der Waals surface area (Å²) in [5, 5.41) is 9.07. The van der Waals surface area contributed by atoms with Crippen LogP contribution in [0.25, 0.3) is 5.70 Å². The highest BCUT2D eigenvalue weighted by Crippen LogP contribution is 2.22. The van der Waals surface area contributed by atoms with E-state index in [-0.39, 0.29) is 5.91 Å². The van der Waals surface area contributed by atoms with Gasteiger partial charge in [0.15, 0.2) is 0 Å². The van der Waals surface area contributed by atoms with Crippen LogP contribution in [0.15, 0.2) is 30.8 Å². The van der Waals surface area contributed by atoms with Crippen molar-refractivity contribution in [1.82, 2.24) is 4.90 Å². The van der Waals surface area contributed by atoms with E-state index in [2.05, 4.69) is 6.58 Å². The highest BCUT2D eigenvalue weighted by atomic mass is 16.4. The van der Waals surface area contributed by atoms with Crippen LogP contribution in [0.4, 0.5) is 0 Å². The highest BCUT2D eigenvalue weighted by Gasteiger charge is 2.35. The summed E-state index contributed by atoms with van der Waals surface area (Å²) in [7, 11) is 0. The maximum Gasteiger partial charge on any atom is 0.326 e. The lowest BCUT2D eigenvalue weighted by Crippen LogP contribution is -2.37. The van der Waals surface area contributed by atoms with Gasteiger partial charge in [-0.1, -0.05) is 30.8 Å². The zero-order valence-corrected chi connectivity index (χ0v) is 10.5. The number of nitrogens with zero attached hydrogens (tertiary/aromatic N) is 1. The molecule has 1 aromatic carbocycles. The Morgan fingerprint density at radius 1 is 1.42 bits per heavy atom. The molecule has 1 saturated heterocycles. The summed E-state index contributed by atoms with van der Waals surface area (Å²) in [6, 6.07) is 6.58. The van der Waals surface area contributed by atoms with Crippen molar-refractivity contribution < 1.29 is 14.7 Å². The van der Waals surface area contributed by atoms with Crippen molar-refractivity contribution in [2.45, 2.75) is 25.4 Å². The van der Waals surface area contributed by atoms with E-state index in [9.17, 15) is 9.59 Å². The number of rotatable bonds is 4. The molecule has 0 spiro atoms. The van der Waals surface area contributed by atoms with Gasteiger partial charge in [-0.3, -0.25) is 4.79 Å². The third-order valence-corrected chi connectivity index (χ3v) is 3.29. The molecule has 1 amide bonds. The molecule has 1 aliphatic rings. The van der Waals surface area contributed by atoms with Crippen LogP contribution < -0.4 is 5.73 Å². The van der Waals surface area contributed by atoms with E-state index in [0.717, 1.165) is 11.1 Å². The van der Waals surface area contributed by atoms with Gasteiger partial charge in [-0.15, -0.1) is 0 Å². The fourth-order valence-corrected chi connectivity index (χ4v) is 2.21. The number of aliphatic carboxylic acids is 1. The van der Waals surface area contributed by atoms with E-state index in [1.54, 1.807) is 0 Å². The predicted molar refractivity (Wildman–Crippen MR) is 70.9 cm³/mol. The summed E-state index contributed by atoms with van der Waals surface area (Å²) in [4.78, 5) is 24.2. The van der Waals surface area contributed by atoms with E-state index >= 15 is 0 Å². The van der Waals surface area contributed by atoms with Crippen LogP contribution >= 0.6 is 0 Å². The van der Waals surface area contributed by atoms with Gasteiger partial charge in [0.2, 0.25) is 5.91 Å². The number of hydrogen-bond acceptors (Lipinski definition) is 3. The second kappa shape index (κ2) is 5.14. The van der Waals surface area contributed by atoms with Crippen LogP contribution in [0.5, 0.6) is 0 Å². The molecule has 19 heavy (non-hydrogen) atoms. The average Bonchev–Trinajstić information content (AvgIpc) is 2.72. The molecular formula is C14H16N2O3. The molecule has 1 aliphatic heterocycles. The van der Waals surface area contributed by atoms with E-state index < -0.39 is 12.0 Å². The molecule has 2 rings (SSSR count). The lowest BCUT2D eigenvalue weighted by molar-refractivity contribution is -0.146. The van der Waals surface area contributed by atoms with Gasteiger partial charge in [0, 0.05) is 18.7 Å². The Bertz CT molecular complexity index is 522. The number of carbonyl (C=O) groups excluding carboxylic acids is 1. The lowest BCUT2D eigenvalue weighted by atomic mass is 10.1. The van der Waals surface area contributed by atoms with Crippen molar-refractivity contribution in [3.05, 3.63) is 42.0 Å². The van der Waals surface area contributed by atoms with Crippen molar-refractivity contribution in [1.29, 1.82) is 0 Å². The average molecular weight is 260 g/mol. The summed E-state index contributed by atoms with van der Waals surface area (Å²) in [5.41, 5.74) is 7.76. The lowest BCUT2D eigenvalue weighted by Gasteiger charge is -2.21. The minimum Gasteiger partial charge on any atom is -0.480 e. The Labute approximate surface area is 111 Å². The van der Waals surface area contributed by atoms with Crippen LogP contribution in [-0.4, -0.2) is 27.9 Å². The second-order valence-corrected chi connectivity index (χ2v) is 4.64. The number of carbonyl (C=O) groups is 2. The molecule has 0 radical (unpaired) electrons. The van der Waals surface area contributed by atoms with Crippen molar-refractivity contribution in [3.8, 4) is 0 Å². The van der Waals surface area contributed by atoms with Crippen molar-refractivity contribution in [3.63, 3.8) is 0 Å². The molecule has 0 saturated carbocycles. The third kappa shape index (κ3) is 2.76. The van der Waals surface area contributed by atoms with Crippen LogP contribution in [0.3, 0.4) is 0 Å². The van der Waals surface area contributed by atoms with Crippen LogP contribution in [-0.2, 0) is 16.1 Å². The molecule has 1 fully saturated rings. The Morgan fingerprint density at radius 2 is 2.05 bits per heavy atom. The Kier molecular flexibility index (Phi) is 3.55. The molecule has 5 heteroatoms. The van der Waals surface area contributed by atoms with Crippen LogP contribution in [0, 0.1) is 0 Å². The number of benzene rings is 1. The largest absolute Gasteiger partial charge is 0.480 e. The van der Waals surface area contributed by atoms with Gasteiger partial charge >= 0.3 is 5.97 Å². The van der Waals surface area contributed by atoms with Gasteiger partial charge in [0.1, 0.15) is 6.04 Å². The van der Waals surface area contributed by atoms with E-state index in [1.165, 1.54) is 4.90 Å². The summed E-state index contributed by atoms with van der Waals surface area (Å²) >= 11 is 0. The number of nitrogens with two attached hydrogens (primary N) is 1. The second-order valence-electron chi connectivity index (χ2n) is 4.64. The van der Waals surface area contributed by atoms with Crippen molar-refractivity contribution >= 4 is 17.6 Å². The van der Waals surface area contributed by atoms with E-state index in [0.29, 0.717) is 25.1 Å². The van der Waals surface area contributed by atoms with Gasteiger partial charge in [-0.25, -0.2) is 4.79 Å². The van der Waals surface area contributed by atoms with Gasteiger partial charge in [-0.2, -0.15) is 0 Å². The Balaban J connectivity index is 2.13. The first-order valence-electron chi connectivity index (χ1n) is 6.05. The van der Waals surface area contributed by atoms with E-state index in [1.807, 2.05) is 24.3 Å². The molecule has 0 aliphatic carbocycles. The third-order valence-electron chi connectivity index (χ3n) is 3.29. The monoisotopic (exact) mass is 260 g/mol. The molecule has 100 valence electrons. The Hall–Kier alpha value is -2.30. The molecule has 1 heterocycles. The molecule has 1 aromatic rings. The van der Waals surface area contributed by atoms with Crippen molar-refractivity contribution in [2.24, 2.45) is 5.73 Å². The quantitative estimate of drug-likeness (QED) is 0.851. The van der Waals surface area contributed by atoms with Gasteiger partial charge in [0.05, 0.1) is 0 Å². The minimum atomic E-state index is -0.946. The fraction of sp³-hybridized carbons (Fsp3) is 0.286. The molecule has 0 bridgehead atoms. The van der Waals surface area contributed by atoms with Crippen molar-refractivity contribution in [2.75, 3.05) is 0 Å². The van der Waals surface area contributed by atoms with Crippen LogP contribution in [0.2, 0.25) is 0 Å². The molecule has 3 N–H and O–H groups in total. The minimum absolute atomic E-state index is 0.111. The zero-order valence-electron chi connectivity index (χ0n) is 10.5. The number of likely N-dealkylation sites (tertiary alicyclic amines) is 1. The summed E-state index contributed by atoms with van der Waals surface area (Å²) in [6.07, 6.45) is 0.681.